The molecule has 0 atom stereocenters. The van der Waals surface area contributed by atoms with Crippen molar-refractivity contribution in [1.82, 2.24) is 0 Å². The van der Waals surface area contributed by atoms with Crippen molar-refractivity contribution in [2.75, 3.05) is 13.2 Å². The molecule has 0 aromatic heterocycles. The fourth-order valence-electron chi connectivity index (χ4n) is 0.738. The molecule has 0 aromatic carbocycles. The number of hydrogen-bond donors (Lipinski definition) is 0. The van der Waals surface area contributed by atoms with E-state index in [1.165, 1.54) is 6.92 Å². The van der Waals surface area contributed by atoms with Gasteiger partial charge in [0.25, 0.3) is 0 Å². The van der Waals surface area contributed by atoms with Crippen molar-refractivity contribution in [2.24, 2.45) is 0 Å². The maximum atomic E-state index is 12.0. The summed E-state index contributed by atoms with van der Waals surface area (Å²) in [6, 6.07) is 0. The largest absolute Gasteiger partial charge is 0.412 e. The van der Waals surface area contributed by atoms with Crippen LogP contribution in [0.4, 0.5) is 13.2 Å². The standard InChI is InChI=1S/C8H13F3O/c1-3-7(8(9,10)11)5-6-12-4-2/h5H,3-4,6H2,1-2H3/b7-5-. The summed E-state index contributed by atoms with van der Waals surface area (Å²) in [6.45, 7) is 3.70. The molecule has 0 aromatic rings. The molecule has 0 aliphatic heterocycles. The van der Waals surface area contributed by atoms with E-state index in [9.17, 15) is 13.2 Å². The zero-order valence-electron chi connectivity index (χ0n) is 7.24. The van der Waals surface area contributed by atoms with Crippen LogP contribution >= 0.6 is 0 Å². The average molecular weight is 182 g/mol. The second-order valence-electron chi connectivity index (χ2n) is 2.24. The van der Waals surface area contributed by atoms with Gasteiger partial charge in [0, 0.05) is 12.2 Å². The molecule has 0 aliphatic carbocycles. The Kier molecular flexibility index (Phi) is 4.97. The Labute approximate surface area is 70.2 Å². The summed E-state index contributed by atoms with van der Waals surface area (Å²) < 4.78 is 40.9. The van der Waals surface area contributed by atoms with Crippen molar-refractivity contribution in [1.29, 1.82) is 0 Å². The first-order valence-electron chi connectivity index (χ1n) is 3.86. The summed E-state index contributed by atoms with van der Waals surface area (Å²) in [7, 11) is 0. The number of allylic oxidation sites excluding steroid dienone is 1. The van der Waals surface area contributed by atoms with Gasteiger partial charge in [0.05, 0.1) is 6.61 Å². The highest BCUT2D eigenvalue weighted by atomic mass is 19.4. The fraction of sp³-hybridized carbons (Fsp3) is 0.750. The van der Waals surface area contributed by atoms with E-state index in [2.05, 4.69) is 0 Å². The van der Waals surface area contributed by atoms with Crippen molar-refractivity contribution in [2.45, 2.75) is 26.4 Å². The van der Waals surface area contributed by atoms with E-state index in [1.807, 2.05) is 0 Å². The third kappa shape index (κ3) is 4.38. The van der Waals surface area contributed by atoms with Crippen LogP contribution in [-0.4, -0.2) is 19.4 Å². The van der Waals surface area contributed by atoms with Crippen LogP contribution in [0.5, 0.6) is 0 Å². The fourth-order valence-corrected chi connectivity index (χ4v) is 0.738. The summed E-state index contributed by atoms with van der Waals surface area (Å²) in [4.78, 5) is 0. The summed E-state index contributed by atoms with van der Waals surface area (Å²) in [5.74, 6) is 0. The first-order valence-corrected chi connectivity index (χ1v) is 3.86. The third-order valence-corrected chi connectivity index (χ3v) is 1.40. The Balaban J connectivity index is 4.05. The zero-order chi connectivity index (χ0) is 9.61. The highest BCUT2D eigenvalue weighted by Gasteiger charge is 2.31. The molecule has 72 valence electrons. The molecule has 0 unspecified atom stereocenters. The quantitative estimate of drug-likeness (QED) is 0.479. The SMILES string of the molecule is CCOC/C=C(/CC)C(F)(F)F. The van der Waals surface area contributed by atoms with Gasteiger partial charge in [0.2, 0.25) is 0 Å². The predicted molar refractivity (Wildman–Crippen MR) is 40.9 cm³/mol. The van der Waals surface area contributed by atoms with Gasteiger partial charge in [0.15, 0.2) is 0 Å². The van der Waals surface area contributed by atoms with Crippen molar-refractivity contribution in [3.63, 3.8) is 0 Å². The molecule has 0 saturated heterocycles. The Hall–Kier alpha value is -0.510. The zero-order valence-corrected chi connectivity index (χ0v) is 7.24. The lowest BCUT2D eigenvalue weighted by atomic mass is 10.2. The average Bonchev–Trinajstić information content (AvgIpc) is 1.95. The molecular weight excluding hydrogens is 169 g/mol. The van der Waals surface area contributed by atoms with Gasteiger partial charge in [-0.3, -0.25) is 0 Å². The van der Waals surface area contributed by atoms with Crippen molar-refractivity contribution in [3.8, 4) is 0 Å². The van der Waals surface area contributed by atoms with Crippen LogP contribution in [0.15, 0.2) is 11.6 Å². The number of alkyl halides is 3. The highest BCUT2D eigenvalue weighted by molar-refractivity contribution is 5.08. The number of halogens is 3. The molecule has 0 rings (SSSR count). The Morgan fingerprint density at radius 2 is 1.92 bits per heavy atom. The molecule has 1 nitrogen and oxygen atoms in total. The molecule has 0 saturated carbocycles. The summed E-state index contributed by atoms with van der Waals surface area (Å²) in [5.41, 5.74) is -0.518. The highest BCUT2D eigenvalue weighted by Crippen LogP contribution is 2.27. The molecule has 0 bridgehead atoms. The van der Waals surface area contributed by atoms with E-state index in [0.717, 1.165) is 6.08 Å². The molecule has 4 heteroatoms. The Morgan fingerprint density at radius 3 is 2.25 bits per heavy atom. The maximum Gasteiger partial charge on any atom is 0.412 e. The number of ether oxygens (including phenoxy) is 1. The first-order chi connectivity index (χ1) is 5.52. The minimum atomic E-state index is -4.20. The summed E-state index contributed by atoms with van der Waals surface area (Å²) in [5, 5.41) is 0. The van der Waals surface area contributed by atoms with Crippen LogP contribution < -0.4 is 0 Å². The molecule has 0 aliphatic rings. The van der Waals surface area contributed by atoms with Crippen molar-refractivity contribution in [3.05, 3.63) is 11.6 Å². The van der Waals surface area contributed by atoms with Gasteiger partial charge in [-0.05, 0) is 13.3 Å². The molecule has 0 fully saturated rings. The molecule has 0 spiro atoms. The first kappa shape index (κ1) is 11.5. The predicted octanol–water partition coefficient (Wildman–Crippen LogP) is 2.92. The third-order valence-electron chi connectivity index (χ3n) is 1.40. The van der Waals surface area contributed by atoms with Crippen LogP contribution in [0.2, 0.25) is 0 Å². The van der Waals surface area contributed by atoms with Crippen LogP contribution in [0, 0.1) is 0 Å². The lowest BCUT2D eigenvalue weighted by molar-refractivity contribution is -0.0941. The minimum absolute atomic E-state index is 0.00340. The van der Waals surface area contributed by atoms with E-state index in [-0.39, 0.29) is 13.0 Å². The summed E-state index contributed by atoms with van der Waals surface area (Å²) in [6.07, 6.45) is -3.12. The topological polar surface area (TPSA) is 9.23 Å². The monoisotopic (exact) mass is 182 g/mol. The van der Waals surface area contributed by atoms with Gasteiger partial charge in [0.1, 0.15) is 0 Å². The van der Waals surface area contributed by atoms with E-state index in [0.29, 0.717) is 6.61 Å². The van der Waals surface area contributed by atoms with Gasteiger partial charge in [-0.2, -0.15) is 13.2 Å². The lowest BCUT2D eigenvalue weighted by Crippen LogP contribution is -2.12. The Bertz CT molecular complexity index is 149. The second-order valence-corrected chi connectivity index (χ2v) is 2.24. The lowest BCUT2D eigenvalue weighted by Gasteiger charge is -2.08. The maximum absolute atomic E-state index is 12.0. The van der Waals surface area contributed by atoms with Crippen molar-refractivity contribution >= 4 is 0 Å². The van der Waals surface area contributed by atoms with Gasteiger partial charge in [-0.15, -0.1) is 0 Å². The second kappa shape index (κ2) is 5.19. The molecule has 0 N–H and O–H groups in total. The molecule has 12 heavy (non-hydrogen) atoms. The smallest absolute Gasteiger partial charge is 0.378 e. The normalized spacial score (nSPS) is 13.6. The Morgan fingerprint density at radius 1 is 1.33 bits per heavy atom. The number of rotatable bonds is 4. The molecule has 0 heterocycles. The van der Waals surface area contributed by atoms with Gasteiger partial charge < -0.3 is 4.74 Å². The van der Waals surface area contributed by atoms with Gasteiger partial charge in [-0.25, -0.2) is 0 Å². The summed E-state index contributed by atoms with van der Waals surface area (Å²) >= 11 is 0. The number of hydrogen-bond acceptors (Lipinski definition) is 1. The van der Waals surface area contributed by atoms with Gasteiger partial charge in [-0.1, -0.05) is 13.0 Å². The molecular formula is C8H13F3O. The molecule has 0 amide bonds. The van der Waals surface area contributed by atoms with Crippen LogP contribution in [-0.2, 0) is 4.74 Å². The van der Waals surface area contributed by atoms with E-state index >= 15 is 0 Å². The van der Waals surface area contributed by atoms with Gasteiger partial charge >= 0.3 is 6.18 Å². The van der Waals surface area contributed by atoms with E-state index < -0.39 is 11.7 Å². The van der Waals surface area contributed by atoms with E-state index in [1.54, 1.807) is 6.92 Å². The van der Waals surface area contributed by atoms with E-state index in [4.69, 9.17) is 4.74 Å². The minimum Gasteiger partial charge on any atom is -0.378 e. The van der Waals surface area contributed by atoms with Crippen LogP contribution in [0.25, 0.3) is 0 Å². The van der Waals surface area contributed by atoms with Crippen LogP contribution in [0.3, 0.4) is 0 Å². The van der Waals surface area contributed by atoms with Crippen molar-refractivity contribution < 1.29 is 17.9 Å². The molecule has 0 radical (unpaired) electrons. The van der Waals surface area contributed by atoms with Crippen LogP contribution in [0.1, 0.15) is 20.3 Å².